The van der Waals surface area contributed by atoms with Gasteiger partial charge in [-0.15, -0.1) is 0 Å². The molecule has 0 aromatic heterocycles. The van der Waals surface area contributed by atoms with Gasteiger partial charge in [0.1, 0.15) is 6.54 Å². The number of nitrogens with two attached hydrogens (primary N) is 1. The van der Waals surface area contributed by atoms with E-state index in [4.69, 9.17) is 5.73 Å². The van der Waals surface area contributed by atoms with Crippen LogP contribution in [0, 0.1) is 0 Å². The second-order valence-electron chi connectivity index (χ2n) is 4.93. The molecule has 1 aromatic rings. The Hall–Kier alpha value is -2.04. The molecule has 0 fully saturated rings. The summed E-state index contributed by atoms with van der Waals surface area (Å²) in [7, 11) is 1.32. The Bertz CT molecular complexity index is 455. The van der Waals surface area contributed by atoms with Gasteiger partial charge in [0.05, 0.1) is 7.11 Å². The van der Waals surface area contributed by atoms with Crippen LogP contribution in [0.25, 0.3) is 0 Å². The van der Waals surface area contributed by atoms with E-state index < -0.39 is 5.97 Å². The van der Waals surface area contributed by atoms with Crippen LogP contribution in [0.3, 0.4) is 0 Å². The van der Waals surface area contributed by atoms with Gasteiger partial charge in [0.2, 0.25) is 5.91 Å². The third-order valence-corrected chi connectivity index (χ3v) is 3.08. The molecule has 1 rings (SSSR count). The molecule has 0 spiro atoms. The molecule has 0 aliphatic heterocycles. The first-order chi connectivity index (χ1) is 9.43. The Balaban J connectivity index is 2.57. The van der Waals surface area contributed by atoms with E-state index in [1.165, 1.54) is 12.0 Å². The highest BCUT2D eigenvalue weighted by atomic mass is 16.5. The minimum absolute atomic E-state index is 0.00522. The van der Waals surface area contributed by atoms with Crippen LogP contribution in [0.4, 0.5) is 5.69 Å². The summed E-state index contributed by atoms with van der Waals surface area (Å²) in [5.74, 6) is -0.457. The lowest BCUT2D eigenvalue weighted by atomic mass is 10.1. The van der Waals surface area contributed by atoms with E-state index in [2.05, 4.69) is 4.74 Å². The predicted molar refractivity (Wildman–Crippen MR) is 78.0 cm³/mol. The van der Waals surface area contributed by atoms with Crippen molar-refractivity contribution in [3.63, 3.8) is 0 Å². The predicted octanol–water partition coefficient (Wildman–Crippen LogP) is 1.61. The molecule has 1 amide bonds. The first-order valence-corrected chi connectivity index (χ1v) is 6.64. The Kier molecular flexibility index (Phi) is 6.03. The number of esters is 1. The highest BCUT2D eigenvalue weighted by Gasteiger charge is 2.20. The number of carbonyl (C=O) groups excluding carboxylic acids is 2. The van der Waals surface area contributed by atoms with Crippen molar-refractivity contribution in [3.8, 4) is 0 Å². The van der Waals surface area contributed by atoms with Crippen molar-refractivity contribution < 1.29 is 14.3 Å². The molecule has 0 heterocycles. The quantitative estimate of drug-likeness (QED) is 0.634. The molecule has 0 atom stereocenters. The number of ether oxygens (including phenoxy) is 1. The number of anilines is 1. The Morgan fingerprint density at radius 3 is 2.35 bits per heavy atom. The maximum absolute atomic E-state index is 12.2. The minimum Gasteiger partial charge on any atom is -0.468 e. The number of carbonyl (C=O) groups is 2. The van der Waals surface area contributed by atoms with Gasteiger partial charge in [0.15, 0.2) is 0 Å². The van der Waals surface area contributed by atoms with E-state index in [1.54, 1.807) is 0 Å². The van der Waals surface area contributed by atoms with Crippen LogP contribution in [0.1, 0.15) is 25.8 Å². The van der Waals surface area contributed by atoms with Crippen LogP contribution in [0.15, 0.2) is 24.3 Å². The number of nitrogens with zero attached hydrogens (tertiary/aromatic N) is 1. The number of nitrogen functional groups attached to an aromatic ring is 1. The monoisotopic (exact) mass is 278 g/mol. The zero-order valence-corrected chi connectivity index (χ0v) is 12.3. The van der Waals surface area contributed by atoms with E-state index >= 15 is 0 Å². The van der Waals surface area contributed by atoms with E-state index in [9.17, 15) is 9.59 Å². The zero-order chi connectivity index (χ0) is 15.1. The standard InChI is InChI=1S/C15H22N2O3/c1-11(2)17(10-15(19)20-3)14(18)9-6-12-4-7-13(16)8-5-12/h4-5,7-8,11H,6,9-10,16H2,1-3H3. The van der Waals surface area contributed by atoms with Crippen LogP contribution in [0.5, 0.6) is 0 Å². The van der Waals surface area contributed by atoms with E-state index in [1.807, 2.05) is 38.1 Å². The SMILES string of the molecule is COC(=O)CN(C(=O)CCc1ccc(N)cc1)C(C)C. The highest BCUT2D eigenvalue weighted by Crippen LogP contribution is 2.10. The lowest BCUT2D eigenvalue weighted by Crippen LogP contribution is -2.41. The summed E-state index contributed by atoms with van der Waals surface area (Å²) >= 11 is 0. The maximum Gasteiger partial charge on any atom is 0.325 e. The van der Waals surface area contributed by atoms with Crippen molar-refractivity contribution in [1.82, 2.24) is 4.90 Å². The second kappa shape index (κ2) is 7.53. The number of benzene rings is 1. The van der Waals surface area contributed by atoms with Gasteiger partial charge in [-0.1, -0.05) is 12.1 Å². The highest BCUT2D eigenvalue weighted by molar-refractivity contribution is 5.82. The molecule has 0 unspecified atom stereocenters. The summed E-state index contributed by atoms with van der Waals surface area (Å²) in [4.78, 5) is 25.0. The Morgan fingerprint density at radius 1 is 1.25 bits per heavy atom. The van der Waals surface area contributed by atoms with Crippen molar-refractivity contribution in [3.05, 3.63) is 29.8 Å². The maximum atomic E-state index is 12.2. The Labute approximate surface area is 119 Å². The average molecular weight is 278 g/mol. The van der Waals surface area contributed by atoms with Gasteiger partial charge in [-0.3, -0.25) is 9.59 Å². The van der Waals surface area contributed by atoms with E-state index in [0.29, 0.717) is 18.5 Å². The lowest BCUT2D eigenvalue weighted by molar-refractivity contribution is -0.148. The van der Waals surface area contributed by atoms with Gasteiger partial charge in [-0.05, 0) is 38.0 Å². The largest absolute Gasteiger partial charge is 0.468 e. The molecule has 0 saturated heterocycles. The number of hydrogen-bond acceptors (Lipinski definition) is 4. The van der Waals surface area contributed by atoms with Crippen molar-refractivity contribution >= 4 is 17.6 Å². The smallest absolute Gasteiger partial charge is 0.325 e. The number of amides is 1. The molecule has 2 N–H and O–H groups in total. The molecule has 0 aliphatic carbocycles. The number of aryl methyl sites for hydroxylation is 1. The summed E-state index contributed by atoms with van der Waals surface area (Å²) in [6.45, 7) is 3.75. The van der Waals surface area contributed by atoms with Crippen molar-refractivity contribution in [2.24, 2.45) is 0 Å². The number of rotatable bonds is 6. The summed E-state index contributed by atoms with van der Waals surface area (Å²) < 4.78 is 4.61. The molecule has 1 aromatic carbocycles. The van der Waals surface area contributed by atoms with Crippen LogP contribution in [-0.2, 0) is 20.7 Å². The van der Waals surface area contributed by atoms with Gasteiger partial charge in [-0.2, -0.15) is 0 Å². The summed E-state index contributed by atoms with van der Waals surface area (Å²) in [6, 6.07) is 7.40. The van der Waals surface area contributed by atoms with Gasteiger partial charge < -0.3 is 15.4 Å². The second-order valence-corrected chi connectivity index (χ2v) is 4.93. The molecule has 0 bridgehead atoms. The van der Waals surface area contributed by atoms with Gasteiger partial charge in [-0.25, -0.2) is 0 Å². The molecular weight excluding hydrogens is 256 g/mol. The van der Waals surface area contributed by atoms with E-state index in [0.717, 1.165) is 5.56 Å². The van der Waals surface area contributed by atoms with E-state index in [-0.39, 0.29) is 18.5 Å². The number of methoxy groups -OCH3 is 1. The molecule has 0 aliphatic rings. The molecule has 20 heavy (non-hydrogen) atoms. The van der Waals surface area contributed by atoms with Crippen LogP contribution in [0.2, 0.25) is 0 Å². The third-order valence-electron chi connectivity index (χ3n) is 3.08. The summed E-state index contributed by atoms with van der Waals surface area (Å²) in [6.07, 6.45) is 0.989. The van der Waals surface area contributed by atoms with Gasteiger partial charge in [0, 0.05) is 18.2 Å². The van der Waals surface area contributed by atoms with Crippen LogP contribution < -0.4 is 5.73 Å². The van der Waals surface area contributed by atoms with Crippen molar-refractivity contribution in [1.29, 1.82) is 0 Å². The van der Waals surface area contributed by atoms with Crippen LogP contribution >= 0.6 is 0 Å². The number of hydrogen-bond donors (Lipinski definition) is 1. The molecule has 110 valence electrons. The lowest BCUT2D eigenvalue weighted by Gasteiger charge is -2.25. The fraction of sp³-hybridized carbons (Fsp3) is 0.467. The van der Waals surface area contributed by atoms with Crippen molar-refractivity contribution in [2.75, 3.05) is 19.4 Å². The molecule has 5 nitrogen and oxygen atoms in total. The zero-order valence-electron chi connectivity index (χ0n) is 12.3. The molecule has 0 radical (unpaired) electrons. The summed E-state index contributed by atoms with van der Waals surface area (Å²) in [5, 5.41) is 0. The fourth-order valence-corrected chi connectivity index (χ4v) is 1.84. The van der Waals surface area contributed by atoms with Gasteiger partial charge in [0.25, 0.3) is 0 Å². The topological polar surface area (TPSA) is 72.6 Å². The normalized spacial score (nSPS) is 10.4. The first kappa shape index (κ1) is 16.0. The van der Waals surface area contributed by atoms with Gasteiger partial charge >= 0.3 is 5.97 Å². The molecular formula is C15H22N2O3. The van der Waals surface area contributed by atoms with Crippen molar-refractivity contribution in [2.45, 2.75) is 32.7 Å². The minimum atomic E-state index is -0.403. The molecule has 5 heteroatoms. The molecule has 0 saturated carbocycles. The third kappa shape index (κ3) is 4.91. The Morgan fingerprint density at radius 2 is 1.85 bits per heavy atom. The van der Waals surface area contributed by atoms with Crippen LogP contribution in [-0.4, -0.2) is 36.5 Å². The fourth-order valence-electron chi connectivity index (χ4n) is 1.84. The summed E-state index contributed by atoms with van der Waals surface area (Å²) in [5.41, 5.74) is 7.37. The first-order valence-electron chi connectivity index (χ1n) is 6.64. The average Bonchev–Trinajstić information content (AvgIpc) is 2.43.